The van der Waals surface area contributed by atoms with Crippen molar-refractivity contribution in [3.63, 3.8) is 0 Å². The van der Waals surface area contributed by atoms with Crippen LogP contribution in [0.3, 0.4) is 0 Å². The van der Waals surface area contributed by atoms with E-state index in [1.54, 1.807) is 12.1 Å². The fraction of sp³-hybridized carbons (Fsp3) is 0.188. The van der Waals surface area contributed by atoms with E-state index in [1.807, 2.05) is 24.3 Å². The third kappa shape index (κ3) is 3.60. The topological polar surface area (TPSA) is 38.0 Å². The SMILES string of the molecule is CCCc1ccccc1Nc1ccc(C(N)=S)c(Br)c1F. The summed E-state index contributed by atoms with van der Waals surface area (Å²) in [5.41, 5.74) is 8.52. The number of anilines is 2. The first-order valence-electron chi connectivity index (χ1n) is 6.67. The van der Waals surface area contributed by atoms with Crippen LogP contribution in [-0.4, -0.2) is 4.99 Å². The lowest BCUT2D eigenvalue weighted by Gasteiger charge is -2.14. The Morgan fingerprint density at radius 3 is 2.62 bits per heavy atom. The molecule has 2 aromatic rings. The number of thiocarbonyl (C=S) groups is 1. The first-order chi connectivity index (χ1) is 10.0. The van der Waals surface area contributed by atoms with Gasteiger partial charge in [-0.15, -0.1) is 0 Å². The molecule has 0 aliphatic carbocycles. The van der Waals surface area contributed by atoms with E-state index >= 15 is 0 Å². The van der Waals surface area contributed by atoms with Gasteiger partial charge in [-0.1, -0.05) is 43.8 Å². The van der Waals surface area contributed by atoms with Gasteiger partial charge in [0, 0.05) is 11.3 Å². The number of nitrogens with one attached hydrogen (secondary N) is 1. The molecule has 0 bridgehead atoms. The monoisotopic (exact) mass is 366 g/mol. The van der Waals surface area contributed by atoms with Crippen LogP contribution < -0.4 is 11.1 Å². The van der Waals surface area contributed by atoms with Gasteiger partial charge in [-0.2, -0.15) is 0 Å². The highest BCUT2D eigenvalue weighted by molar-refractivity contribution is 9.10. The second kappa shape index (κ2) is 7.00. The molecule has 0 atom stereocenters. The second-order valence-corrected chi connectivity index (χ2v) is 5.92. The quantitative estimate of drug-likeness (QED) is 0.737. The third-order valence-corrected chi connectivity index (χ3v) is 4.15. The lowest BCUT2D eigenvalue weighted by Crippen LogP contribution is -2.11. The zero-order valence-electron chi connectivity index (χ0n) is 11.6. The van der Waals surface area contributed by atoms with Crippen LogP contribution in [0.4, 0.5) is 15.8 Å². The molecule has 2 nitrogen and oxygen atoms in total. The average Bonchev–Trinajstić information content (AvgIpc) is 2.46. The van der Waals surface area contributed by atoms with Crippen LogP contribution in [0.1, 0.15) is 24.5 Å². The maximum atomic E-state index is 14.4. The zero-order valence-corrected chi connectivity index (χ0v) is 14.0. The molecule has 110 valence electrons. The predicted molar refractivity (Wildman–Crippen MR) is 93.7 cm³/mol. The Morgan fingerprint density at radius 2 is 1.95 bits per heavy atom. The summed E-state index contributed by atoms with van der Waals surface area (Å²) >= 11 is 8.11. The van der Waals surface area contributed by atoms with Crippen molar-refractivity contribution in [3.8, 4) is 0 Å². The fourth-order valence-electron chi connectivity index (χ4n) is 2.11. The van der Waals surface area contributed by atoms with Crippen LogP contribution in [-0.2, 0) is 6.42 Å². The number of nitrogens with two attached hydrogens (primary N) is 1. The summed E-state index contributed by atoms with van der Waals surface area (Å²) in [5, 5.41) is 3.14. The average molecular weight is 367 g/mol. The highest BCUT2D eigenvalue weighted by Crippen LogP contribution is 2.30. The molecule has 5 heteroatoms. The number of benzene rings is 2. The van der Waals surface area contributed by atoms with Gasteiger partial charge in [-0.25, -0.2) is 4.39 Å². The lowest BCUT2D eigenvalue weighted by molar-refractivity contribution is 0.625. The van der Waals surface area contributed by atoms with Crippen molar-refractivity contribution in [2.45, 2.75) is 19.8 Å². The number of hydrogen-bond acceptors (Lipinski definition) is 2. The molecule has 0 aliphatic rings. The predicted octanol–water partition coefficient (Wildman–Crippen LogP) is 4.92. The van der Waals surface area contributed by atoms with E-state index in [9.17, 15) is 4.39 Å². The molecule has 0 unspecified atom stereocenters. The van der Waals surface area contributed by atoms with Gasteiger partial charge < -0.3 is 11.1 Å². The minimum atomic E-state index is -0.397. The molecule has 0 amide bonds. The molecule has 0 saturated carbocycles. The molecular weight excluding hydrogens is 351 g/mol. The molecule has 0 spiro atoms. The second-order valence-electron chi connectivity index (χ2n) is 4.69. The summed E-state index contributed by atoms with van der Waals surface area (Å²) in [6.45, 7) is 2.12. The van der Waals surface area contributed by atoms with E-state index in [0.29, 0.717) is 11.3 Å². The van der Waals surface area contributed by atoms with Gasteiger partial charge >= 0.3 is 0 Å². The van der Waals surface area contributed by atoms with E-state index in [1.165, 1.54) is 0 Å². The zero-order chi connectivity index (χ0) is 15.4. The number of para-hydroxylation sites is 1. The lowest BCUT2D eigenvalue weighted by atomic mass is 10.1. The number of aryl methyl sites for hydroxylation is 1. The van der Waals surface area contributed by atoms with Gasteiger partial charge in [0.25, 0.3) is 0 Å². The smallest absolute Gasteiger partial charge is 0.161 e. The van der Waals surface area contributed by atoms with E-state index in [4.69, 9.17) is 18.0 Å². The Bertz CT molecular complexity index is 673. The molecule has 0 aromatic heterocycles. The van der Waals surface area contributed by atoms with Crippen molar-refractivity contribution in [2.75, 3.05) is 5.32 Å². The normalized spacial score (nSPS) is 10.4. The highest BCUT2D eigenvalue weighted by Gasteiger charge is 2.13. The number of hydrogen-bond donors (Lipinski definition) is 2. The summed E-state index contributed by atoms with van der Waals surface area (Å²) in [7, 11) is 0. The molecule has 0 heterocycles. The molecule has 0 saturated heterocycles. The third-order valence-electron chi connectivity index (χ3n) is 3.15. The Balaban J connectivity index is 2.37. The Labute approximate surface area is 137 Å². The van der Waals surface area contributed by atoms with Crippen LogP contribution in [0, 0.1) is 5.82 Å². The van der Waals surface area contributed by atoms with E-state index < -0.39 is 5.82 Å². The molecule has 2 aromatic carbocycles. The Kier molecular flexibility index (Phi) is 5.31. The van der Waals surface area contributed by atoms with Crippen LogP contribution >= 0.6 is 28.1 Å². The van der Waals surface area contributed by atoms with Gasteiger partial charge in [0.1, 0.15) is 4.99 Å². The Hall–Kier alpha value is -1.46. The van der Waals surface area contributed by atoms with Crippen molar-refractivity contribution < 1.29 is 4.39 Å². The van der Waals surface area contributed by atoms with Gasteiger partial charge in [0.15, 0.2) is 5.82 Å². The first kappa shape index (κ1) is 15.9. The standard InChI is InChI=1S/C16H16BrFN2S/c1-2-5-10-6-3-4-7-12(10)20-13-9-8-11(16(19)21)14(17)15(13)18/h3-4,6-9,20H,2,5H2,1H3,(H2,19,21). The fourth-order valence-corrected chi connectivity index (χ4v) is 2.97. The number of rotatable bonds is 5. The maximum absolute atomic E-state index is 14.4. The van der Waals surface area contributed by atoms with E-state index in [2.05, 4.69) is 28.2 Å². The minimum Gasteiger partial charge on any atom is -0.389 e. The molecule has 21 heavy (non-hydrogen) atoms. The molecule has 0 radical (unpaired) electrons. The van der Waals surface area contributed by atoms with Gasteiger partial charge in [-0.05, 0) is 46.1 Å². The summed E-state index contributed by atoms with van der Waals surface area (Å²) in [6.07, 6.45) is 1.97. The van der Waals surface area contributed by atoms with E-state index in [0.717, 1.165) is 24.1 Å². The summed E-state index contributed by atoms with van der Waals surface area (Å²) in [5.74, 6) is -0.397. The van der Waals surface area contributed by atoms with Crippen molar-refractivity contribution in [3.05, 3.63) is 57.8 Å². The van der Waals surface area contributed by atoms with Gasteiger partial charge in [-0.3, -0.25) is 0 Å². The van der Waals surface area contributed by atoms with Crippen molar-refractivity contribution in [1.82, 2.24) is 0 Å². The van der Waals surface area contributed by atoms with Crippen molar-refractivity contribution >= 4 is 44.5 Å². The van der Waals surface area contributed by atoms with Crippen LogP contribution in [0.2, 0.25) is 0 Å². The molecule has 0 aliphatic heterocycles. The summed E-state index contributed by atoms with van der Waals surface area (Å²) in [6, 6.07) is 11.3. The largest absolute Gasteiger partial charge is 0.389 e. The number of halogens is 2. The van der Waals surface area contributed by atoms with Gasteiger partial charge in [0.2, 0.25) is 0 Å². The van der Waals surface area contributed by atoms with Crippen molar-refractivity contribution in [1.29, 1.82) is 0 Å². The van der Waals surface area contributed by atoms with Crippen molar-refractivity contribution in [2.24, 2.45) is 5.73 Å². The highest BCUT2D eigenvalue weighted by atomic mass is 79.9. The minimum absolute atomic E-state index is 0.165. The Morgan fingerprint density at radius 1 is 1.24 bits per heavy atom. The van der Waals surface area contributed by atoms with E-state index in [-0.39, 0.29) is 9.46 Å². The molecule has 2 rings (SSSR count). The van der Waals surface area contributed by atoms with Gasteiger partial charge in [0.05, 0.1) is 10.2 Å². The molecular formula is C16H16BrFN2S. The first-order valence-corrected chi connectivity index (χ1v) is 7.87. The maximum Gasteiger partial charge on any atom is 0.161 e. The van der Waals surface area contributed by atoms with Crippen LogP contribution in [0.15, 0.2) is 40.9 Å². The van der Waals surface area contributed by atoms with Crippen LogP contribution in [0.25, 0.3) is 0 Å². The molecule has 0 fully saturated rings. The summed E-state index contributed by atoms with van der Waals surface area (Å²) < 4.78 is 14.7. The van der Waals surface area contributed by atoms with Crippen LogP contribution in [0.5, 0.6) is 0 Å². The summed E-state index contributed by atoms with van der Waals surface area (Å²) in [4.78, 5) is 0.165. The molecule has 3 N–H and O–H groups in total.